The molecule has 1 atom stereocenters. The summed E-state index contributed by atoms with van der Waals surface area (Å²) >= 11 is 0. The fourth-order valence-electron chi connectivity index (χ4n) is 1.55. The predicted molar refractivity (Wildman–Crippen MR) is 64.4 cm³/mol. The van der Waals surface area contributed by atoms with Crippen LogP contribution in [0.2, 0.25) is 0 Å². The lowest BCUT2D eigenvalue weighted by molar-refractivity contribution is -0.137. The van der Waals surface area contributed by atoms with Gasteiger partial charge in [0.1, 0.15) is 5.82 Å². The quantitative estimate of drug-likeness (QED) is 0.750. The zero-order valence-corrected chi connectivity index (χ0v) is 10.2. The Labute approximate surface area is 101 Å². The van der Waals surface area contributed by atoms with Crippen molar-refractivity contribution in [1.29, 1.82) is 0 Å². The molecule has 0 saturated carbocycles. The van der Waals surface area contributed by atoms with Crippen LogP contribution >= 0.6 is 0 Å². The Kier molecular flexibility index (Phi) is 5.10. The van der Waals surface area contributed by atoms with Crippen molar-refractivity contribution < 1.29 is 14.3 Å². The Hall–Kier alpha value is -1.42. The summed E-state index contributed by atoms with van der Waals surface area (Å²) in [4.78, 5) is 10.3. The SMILES string of the molecule is Cc1ccc(C(C)NCCCC(=O)O)cc1F. The van der Waals surface area contributed by atoms with Crippen LogP contribution in [0.1, 0.15) is 36.9 Å². The molecule has 0 aliphatic carbocycles. The van der Waals surface area contributed by atoms with Gasteiger partial charge in [0.05, 0.1) is 0 Å². The van der Waals surface area contributed by atoms with Crippen LogP contribution in [-0.4, -0.2) is 17.6 Å². The van der Waals surface area contributed by atoms with Crippen LogP contribution in [0.15, 0.2) is 18.2 Å². The number of hydrogen-bond donors (Lipinski definition) is 2. The highest BCUT2D eigenvalue weighted by Crippen LogP contribution is 2.16. The first-order chi connectivity index (χ1) is 8.00. The van der Waals surface area contributed by atoms with E-state index in [9.17, 15) is 9.18 Å². The van der Waals surface area contributed by atoms with Gasteiger partial charge in [0.25, 0.3) is 0 Å². The summed E-state index contributed by atoms with van der Waals surface area (Å²) < 4.78 is 13.3. The Bertz CT molecular complexity index is 393. The topological polar surface area (TPSA) is 49.3 Å². The van der Waals surface area contributed by atoms with Crippen molar-refractivity contribution in [3.8, 4) is 0 Å². The maximum Gasteiger partial charge on any atom is 0.303 e. The Morgan fingerprint density at radius 1 is 1.53 bits per heavy atom. The van der Waals surface area contributed by atoms with Crippen molar-refractivity contribution in [2.45, 2.75) is 32.7 Å². The summed E-state index contributed by atoms with van der Waals surface area (Å²) in [5, 5.41) is 11.7. The molecule has 0 heterocycles. The summed E-state index contributed by atoms with van der Waals surface area (Å²) in [6, 6.07) is 5.18. The van der Waals surface area contributed by atoms with Crippen molar-refractivity contribution in [3.05, 3.63) is 35.1 Å². The van der Waals surface area contributed by atoms with Crippen molar-refractivity contribution in [1.82, 2.24) is 5.32 Å². The van der Waals surface area contributed by atoms with Crippen LogP contribution in [0.25, 0.3) is 0 Å². The van der Waals surface area contributed by atoms with Crippen molar-refractivity contribution in [2.75, 3.05) is 6.54 Å². The van der Waals surface area contributed by atoms with Gasteiger partial charge in [-0.2, -0.15) is 0 Å². The second-order valence-corrected chi connectivity index (χ2v) is 4.18. The summed E-state index contributed by atoms with van der Waals surface area (Å²) in [6.45, 7) is 4.28. The number of benzene rings is 1. The average molecular weight is 239 g/mol. The van der Waals surface area contributed by atoms with E-state index < -0.39 is 5.97 Å². The van der Waals surface area contributed by atoms with Crippen LogP contribution in [0, 0.1) is 12.7 Å². The second kappa shape index (κ2) is 6.35. The van der Waals surface area contributed by atoms with Crippen LogP contribution in [0.5, 0.6) is 0 Å². The summed E-state index contributed by atoms with van der Waals surface area (Å²) in [6.07, 6.45) is 0.732. The number of carboxylic acids is 1. The molecular formula is C13H18FNO2. The zero-order chi connectivity index (χ0) is 12.8. The molecular weight excluding hydrogens is 221 g/mol. The molecule has 1 aromatic carbocycles. The van der Waals surface area contributed by atoms with Gasteiger partial charge in [0, 0.05) is 12.5 Å². The lowest BCUT2D eigenvalue weighted by Crippen LogP contribution is -2.20. The average Bonchev–Trinajstić information content (AvgIpc) is 2.27. The first-order valence-corrected chi connectivity index (χ1v) is 5.72. The Morgan fingerprint density at radius 3 is 2.82 bits per heavy atom. The number of aryl methyl sites for hydroxylation is 1. The van der Waals surface area contributed by atoms with Gasteiger partial charge in [-0.05, 0) is 44.0 Å². The van der Waals surface area contributed by atoms with E-state index in [2.05, 4.69) is 5.32 Å². The van der Waals surface area contributed by atoms with Crippen LogP contribution in [-0.2, 0) is 4.79 Å². The molecule has 0 aromatic heterocycles. The van der Waals surface area contributed by atoms with Crippen molar-refractivity contribution in [2.24, 2.45) is 0 Å². The minimum Gasteiger partial charge on any atom is -0.481 e. The van der Waals surface area contributed by atoms with Crippen molar-refractivity contribution >= 4 is 5.97 Å². The molecule has 0 aliphatic rings. The normalized spacial score (nSPS) is 12.4. The molecule has 0 bridgehead atoms. The summed E-state index contributed by atoms with van der Waals surface area (Å²) in [5.41, 5.74) is 1.51. The van der Waals surface area contributed by atoms with Gasteiger partial charge >= 0.3 is 5.97 Å². The minimum absolute atomic E-state index is 0.0268. The van der Waals surface area contributed by atoms with E-state index in [0.717, 1.165) is 5.56 Å². The molecule has 0 spiro atoms. The van der Waals surface area contributed by atoms with Gasteiger partial charge in [0.15, 0.2) is 0 Å². The van der Waals surface area contributed by atoms with E-state index in [-0.39, 0.29) is 18.3 Å². The van der Waals surface area contributed by atoms with E-state index in [4.69, 9.17) is 5.11 Å². The molecule has 0 fully saturated rings. The number of hydrogen-bond acceptors (Lipinski definition) is 2. The number of carboxylic acid groups (broad SMARTS) is 1. The maximum atomic E-state index is 13.3. The van der Waals surface area contributed by atoms with Crippen LogP contribution in [0.3, 0.4) is 0 Å². The van der Waals surface area contributed by atoms with Gasteiger partial charge in [-0.25, -0.2) is 4.39 Å². The van der Waals surface area contributed by atoms with Gasteiger partial charge < -0.3 is 10.4 Å². The molecule has 1 aromatic rings. The molecule has 0 aliphatic heterocycles. The maximum absolute atomic E-state index is 13.3. The summed E-state index contributed by atoms with van der Waals surface area (Å²) in [5.74, 6) is -0.998. The molecule has 94 valence electrons. The van der Waals surface area contributed by atoms with E-state index in [1.54, 1.807) is 13.0 Å². The number of nitrogens with one attached hydrogen (secondary N) is 1. The number of carbonyl (C=O) groups is 1. The minimum atomic E-state index is -0.791. The second-order valence-electron chi connectivity index (χ2n) is 4.18. The molecule has 4 heteroatoms. The smallest absolute Gasteiger partial charge is 0.303 e. The van der Waals surface area contributed by atoms with Gasteiger partial charge in [-0.1, -0.05) is 12.1 Å². The third-order valence-electron chi connectivity index (χ3n) is 2.71. The van der Waals surface area contributed by atoms with Gasteiger partial charge in [-0.15, -0.1) is 0 Å². The highest BCUT2D eigenvalue weighted by molar-refractivity contribution is 5.66. The van der Waals surface area contributed by atoms with E-state index in [1.807, 2.05) is 13.0 Å². The monoisotopic (exact) mass is 239 g/mol. The van der Waals surface area contributed by atoms with Gasteiger partial charge in [-0.3, -0.25) is 4.79 Å². The lowest BCUT2D eigenvalue weighted by Gasteiger charge is -2.14. The Balaban J connectivity index is 2.44. The highest BCUT2D eigenvalue weighted by atomic mass is 19.1. The summed E-state index contributed by atoms with van der Waals surface area (Å²) in [7, 11) is 0. The van der Waals surface area contributed by atoms with Crippen LogP contribution in [0.4, 0.5) is 4.39 Å². The van der Waals surface area contributed by atoms with E-state index in [1.165, 1.54) is 6.07 Å². The molecule has 0 radical (unpaired) electrons. The van der Waals surface area contributed by atoms with Crippen molar-refractivity contribution in [3.63, 3.8) is 0 Å². The van der Waals surface area contributed by atoms with Gasteiger partial charge in [0.2, 0.25) is 0 Å². The number of halogens is 1. The molecule has 0 saturated heterocycles. The molecule has 1 rings (SSSR count). The molecule has 1 unspecified atom stereocenters. The standard InChI is InChI=1S/C13H18FNO2/c1-9-5-6-11(8-12(9)14)10(2)15-7-3-4-13(16)17/h5-6,8,10,15H,3-4,7H2,1-2H3,(H,16,17). The molecule has 0 amide bonds. The number of rotatable bonds is 6. The number of aliphatic carboxylic acids is 1. The van der Waals surface area contributed by atoms with E-state index in [0.29, 0.717) is 18.5 Å². The largest absolute Gasteiger partial charge is 0.481 e. The third-order valence-corrected chi connectivity index (χ3v) is 2.71. The van der Waals surface area contributed by atoms with Crippen LogP contribution < -0.4 is 5.32 Å². The molecule has 3 nitrogen and oxygen atoms in total. The molecule has 2 N–H and O–H groups in total. The van der Waals surface area contributed by atoms with E-state index >= 15 is 0 Å². The first kappa shape index (κ1) is 13.6. The fraction of sp³-hybridized carbons (Fsp3) is 0.462. The molecule has 17 heavy (non-hydrogen) atoms. The highest BCUT2D eigenvalue weighted by Gasteiger charge is 2.07. The third kappa shape index (κ3) is 4.53. The zero-order valence-electron chi connectivity index (χ0n) is 10.2. The predicted octanol–water partition coefficient (Wildman–Crippen LogP) is 2.65. The Morgan fingerprint density at radius 2 is 2.24 bits per heavy atom. The first-order valence-electron chi connectivity index (χ1n) is 5.72. The fourth-order valence-corrected chi connectivity index (χ4v) is 1.55. The lowest BCUT2D eigenvalue weighted by atomic mass is 10.1.